The Kier molecular flexibility index (Phi) is 3.62. The van der Waals surface area contributed by atoms with Gasteiger partial charge in [0.1, 0.15) is 0 Å². The Bertz CT molecular complexity index is 249. The lowest BCUT2D eigenvalue weighted by Crippen LogP contribution is -2.21. The number of hydrogen-bond donors (Lipinski definition) is 2. The first-order valence-electron chi connectivity index (χ1n) is 4.70. The lowest BCUT2D eigenvalue weighted by atomic mass is 10.3. The van der Waals surface area contributed by atoms with Gasteiger partial charge < -0.3 is 5.32 Å². The number of nitrogens with one attached hydrogen (secondary N) is 2. The van der Waals surface area contributed by atoms with Gasteiger partial charge in [-0.15, -0.1) is 0 Å². The van der Waals surface area contributed by atoms with Crippen molar-refractivity contribution in [3.63, 3.8) is 0 Å². The molecule has 5 nitrogen and oxygen atoms in total. The molecule has 1 atom stereocenters. The third-order valence-electron chi connectivity index (χ3n) is 2.07. The second-order valence-corrected chi connectivity index (χ2v) is 3.48. The third-order valence-corrected chi connectivity index (χ3v) is 2.07. The minimum absolute atomic E-state index is 0.148. The molecule has 5 heteroatoms. The zero-order chi connectivity index (χ0) is 10.6. The zero-order valence-electron chi connectivity index (χ0n) is 8.13. The molecule has 2 aliphatic rings. The van der Waals surface area contributed by atoms with Gasteiger partial charge >= 0.3 is 0 Å². The first kappa shape index (κ1) is 10.7. The van der Waals surface area contributed by atoms with Crippen molar-refractivity contribution in [3.05, 3.63) is 0 Å². The SMILES string of the molecule is CC1CCC(=O)N1.O=C1CCC(=O)N1. The average molecular weight is 198 g/mol. The molecule has 0 radical (unpaired) electrons. The number of rotatable bonds is 0. The van der Waals surface area contributed by atoms with Gasteiger partial charge in [-0.1, -0.05) is 0 Å². The van der Waals surface area contributed by atoms with Crippen LogP contribution in [0.15, 0.2) is 0 Å². The lowest BCUT2D eigenvalue weighted by molar-refractivity contribution is -0.125. The van der Waals surface area contributed by atoms with E-state index in [1.807, 2.05) is 6.92 Å². The Morgan fingerprint density at radius 1 is 1.00 bits per heavy atom. The van der Waals surface area contributed by atoms with E-state index < -0.39 is 0 Å². The fourth-order valence-electron chi connectivity index (χ4n) is 1.27. The first-order chi connectivity index (χ1) is 6.58. The largest absolute Gasteiger partial charge is 0.354 e. The first-order valence-corrected chi connectivity index (χ1v) is 4.70. The van der Waals surface area contributed by atoms with Crippen LogP contribution in [0, 0.1) is 0 Å². The molecule has 0 bridgehead atoms. The minimum atomic E-state index is -0.148. The molecule has 0 aromatic rings. The Morgan fingerprint density at radius 3 is 1.71 bits per heavy atom. The highest BCUT2D eigenvalue weighted by Gasteiger charge is 2.15. The molecule has 2 rings (SSSR count). The molecule has 78 valence electrons. The standard InChI is InChI=1S/C5H9NO.C4H5NO2/c1-4-2-3-5(7)6-4;6-3-1-2-4(7)5-3/h4H,2-3H2,1H3,(H,6,7);1-2H2,(H,5,6,7). The molecule has 0 aromatic carbocycles. The van der Waals surface area contributed by atoms with Crippen LogP contribution in [0.4, 0.5) is 0 Å². The molecule has 2 fully saturated rings. The van der Waals surface area contributed by atoms with E-state index in [9.17, 15) is 14.4 Å². The predicted octanol–water partition coefficient (Wildman–Crippen LogP) is -0.292. The molecule has 0 saturated carbocycles. The van der Waals surface area contributed by atoms with Gasteiger partial charge in [0, 0.05) is 25.3 Å². The van der Waals surface area contributed by atoms with Crippen LogP contribution >= 0.6 is 0 Å². The molecule has 3 amide bonds. The second kappa shape index (κ2) is 4.74. The summed E-state index contributed by atoms with van der Waals surface area (Å²) < 4.78 is 0. The Labute approximate surface area is 82.2 Å². The number of carbonyl (C=O) groups is 3. The van der Waals surface area contributed by atoms with Gasteiger partial charge in [-0.3, -0.25) is 19.7 Å². The maximum absolute atomic E-state index is 10.3. The van der Waals surface area contributed by atoms with Crippen molar-refractivity contribution in [3.8, 4) is 0 Å². The van der Waals surface area contributed by atoms with Gasteiger partial charge in [-0.2, -0.15) is 0 Å². The molecule has 0 aromatic heterocycles. The number of amides is 3. The van der Waals surface area contributed by atoms with Crippen molar-refractivity contribution in [1.82, 2.24) is 10.6 Å². The smallest absolute Gasteiger partial charge is 0.227 e. The van der Waals surface area contributed by atoms with E-state index in [0.29, 0.717) is 18.9 Å². The highest BCUT2D eigenvalue weighted by molar-refractivity contribution is 6.01. The van der Waals surface area contributed by atoms with Crippen molar-refractivity contribution in [2.45, 2.75) is 38.6 Å². The van der Waals surface area contributed by atoms with E-state index >= 15 is 0 Å². The molecular weight excluding hydrogens is 184 g/mol. The highest BCUT2D eigenvalue weighted by atomic mass is 16.2. The molecule has 2 saturated heterocycles. The molecular formula is C9H14N2O3. The van der Waals surface area contributed by atoms with E-state index in [0.717, 1.165) is 12.8 Å². The quantitative estimate of drug-likeness (QED) is 0.525. The van der Waals surface area contributed by atoms with E-state index in [1.165, 1.54) is 0 Å². The summed E-state index contributed by atoms with van der Waals surface area (Å²) in [6.07, 6.45) is 2.48. The normalized spacial score (nSPS) is 25.2. The van der Waals surface area contributed by atoms with Crippen molar-refractivity contribution in [1.29, 1.82) is 0 Å². The summed E-state index contributed by atoms with van der Waals surface area (Å²) in [5.41, 5.74) is 0. The van der Waals surface area contributed by atoms with E-state index in [4.69, 9.17) is 0 Å². The highest BCUT2D eigenvalue weighted by Crippen LogP contribution is 2.03. The number of hydrogen-bond acceptors (Lipinski definition) is 3. The fraction of sp³-hybridized carbons (Fsp3) is 0.667. The molecule has 0 spiro atoms. The van der Waals surface area contributed by atoms with Crippen LogP contribution in [0.5, 0.6) is 0 Å². The summed E-state index contributed by atoms with van der Waals surface area (Å²) in [5, 5.41) is 4.92. The maximum Gasteiger partial charge on any atom is 0.227 e. The summed E-state index contributed by atoms with van der Waals surface area (Å²) in [4.78, 5) is 30.6. The van der Waals surface area contributed by atoms with Gasteiger partial charge in [-0.05, 0) is 13.3 Å². The van der Waals surface area contributed by atoms with Crippen molar-refractivity contribution >= 4 is 17.7 Å². The zero-order valence-corrected chi connectivity index (χ0v) is 8.13. The Hall–Kier alpha value is -1.39. The fourth-order valence-corrected chi connectivity index (χ4v) is 1.27. The van der Waals surface area contributed by atoms with Crippen LogP contribution in [-0.2, 0) is 14.4 Å². The minimum Gasteiger partial charge on any atom is -0.354 e. The monoisotopic (exact) mass is 198 g/mol. The van der Waals surface area contributed by atoms with Crippen molar-refractivity contribution in [2.75, 3.05) is 0 Å². The summed E-state index contributed by atoms with van der Waals surface area (Å²) in [5.74, 6) is -0.0949. The second-order valence-electron chi connectivity index (χ2n) is 3.48. The van der Waals surface area contributed by atoms with E-state index in [2.05, 4.69) is 10.6 Å². The Balaban J connectivity index is 0.000000140. The van der Waals surface area contributed by atoms with Crippen LogP contribution in [0.25, 0.3) is 0 Å². The molecule has 2 heterocycles. The van der Waals surface area contributed by atoms with Gasteiger partial charge in [0.15, 0.2) is 0 Å². The topological polar surface area (TPSA) is 75.3 Å². The summed E-state index contributed by atoms with van der Waals surface area (Å²) in [7, 11) is 0. The van der Waals surface area contributed by atoms with Crippen LogP contribution in [0.3, 0.4) is 0 Å². The number of carbonyl (C=O) groups excluding carboxylic acids is 3. The molecule has 2 aliphatic heterocycles. The van der Waals surface area contributed by atoms with Crippen LogP contribution < -0.4 is 10.6 Å². The number of imide groups is 1. The van der Waals surface area contributed by atoms with Crippen molar-refractivity contribution in [2.24, 2.45) is 0 Å². The van der Waals surface area contributed by atoms with Crippen LogP contribution in [-0.4, -0.2) is 23.8 Å². The van der Waals surface area contributed by atoms with Crippen molar-refractivity contribution < 1.29 is 14.4 Å². The summed E-state index contributed by atoms with van der Waals surface area (Å²) >= 11 is 0. The third kappa shape index (κ3) is 3.55. The molecule has 1 unspecified atom stereocenters. The van der Waals surface area contributed by atoms with E-state index in [1.54, 1.807) is 0 Å². The lowest BCUT2D eigenvalue weighted by Gasteiger charge is -1.95. The van der Waals surface area contributed by atoms with Crippen LogP contribution in [0.2, 0.25) is 0 Å². The summed E-state index contributed by atoms with van der Waals surface area (Å²) in [6.45, 7) is 2.02. The van der Waals surface area contributed by atoms with Crippen LogP contribution in [0.1, 0.15) is 32.6 Å². The van der Waals surface area contributed by atoms with E-state index in [-0.39, 0.29) is 17.7 Å². The predicted molar refractivity (Wildman–Crippen MR) is 49.2 cm³/mol. The summed E-state index contributed by atoms with van der Waals surface area (Å²) in [6, 6.07) is 0.424. The van der Waals surface area contributed by atoms with Gasteiger partial charge in [0.05, 0.1) is 0 Å². The van der Waals surface area contributed by atoms with Gasteiger partial charge in [-0.25, -0.2) is 0 Å². The molecule has 0 aliphatic carbocycles. The Morgan fingerprint density at radius 2 is 1.57 bits per heavy atom. The van der Waals surface area contributed by atoms with Gasteiger partial charge in [0.25, 0.3) is 0 Å². The molecule has 14 heavy (non-hydrogen) atoms. The van der Waals surface area contributed by atoms with Gasteiger partial charge in [0.2, 0.25) is 17.7 Å². The maximum atomic E-state index is 10.3. The molecule has 2 N–H and O–H groups in total. The average Bonchev–Trinajstić information content (AvgIpc) is 2.63.